The minimum atomic E-state index is -0.218. The topological polar surface area (TPSA) is 32.8 Å². The highest BCUT2D eigenvalue weighted by Gasteiger charge is 2.23. The number of carbonyl (C=O) groups excluding carboxylic acids is 1. The van der Waals surface area contributed by atoms with Crippen LogP contribution in [0, 0.1) is 0 Å². The van der Waals surface area contributed by atoms with Crippen molar-refractivity contribution in [2.24, 2.45) is 0 Å². The Bertz CT molecular complexity index is 407. The minimum absolute atomic E-state index is 0.160. The van der Waals surface area contributed by atoms with Crippen molar-refractivity contribution in [3.63, 3.8) is 0 Å². The van der Waals surface area contributed by atoms with Gasteiger partial charge in [-0.2, -0.15) is 0 Å². The zero-order valence-corrected chi connectivity index (χ0v) is 13.7. The van der Waals surface area contributed by atoms with Gasteiger partial charge in [0, 0.05) is 19.6 Å². The lowest BCUT2D eigenvalue weighted by molar-refractivity contribution is -0.143. The van der Waals surface area contributed by atoms with Crippen molar-refractivity contribution in [3.8, 4) is 0 Å². The third-order valence-corrected chi connectivity index (χ3v) is 3.53. The Hall–Kier alpha value is -1.39. The Morgan fingerprint density at radius 3 is 2.33 bits per heavy atom. The molecule has 1 unspecified atom stereocenters. The molecule has 0 radical (unpaired) electrons. The van der Waals surface area contributed by atoms with Crippen molar-refractivity contribution < 1.29 is 9.53 Å². The highest BCUT2D eigenvalue weighted by atomic mass is 16.5. The summed E-state index contributed by atoms with van der Waals surface area (Å²) in [4.78, 5) is 16.6. The average Bonchev–Trinajstić information content (AvgIpc) is 2.50. The summed E-state index contributed by atoms with van der Waals surface area (Å²) in [5.41, 5.74) is 1.02. The van der Waals surface area contributed by atoms with E-state index in [0.717, 1.165) is 31.6 Å². The van der Waals surface area contributed by atoms with E-state index in [1.807, 2.05) is 30.3 Å². The van der Waals surface area contributed by atoms with Crippen molar-refractivity contribution in [3.05, 3.63) is 35.9 Å². The normalized spacial score (nSPS) is 12.7. The van der Waals surface area contributed by atoms with Gasteiger partial charge in [0.2, 0.25) is 0 Å². The molecule has 0 aliphatic carbocycles. The number of likely N-dealkylation sites (N-methyl/N-ethyl adjacent to an activating group) is 1. The van der Waals surface area contributed by atoms with Gasteiger partial charge in [-0.1, -0.05) is 37.3 Å². The van der Waals surface area contributed by atoms with Crippen LogP contribution in [0.15, 0.2) is 30.3 Å². The van der Waals surface area contributed by atoms with Gasteiger partial charge >= 0.3 is 5.97 Å². The molecule has 0 saturated heterocycles. The molecule has 118 valence electrons. The second-order valence-corrected chi connectivity index (χ2v) is 5.59. The van der Waals surface area contributed by atoms with Gasteiger partial charge in [-0.3, -0.25) is 4.79 Å². The van der Waals surface area contributed by atoms with E-state index in [9.17, 15) is 4.79 Å². The van der Waals surface area contributed by atoms with E-state index in [1.54, 1.807) is 0 Å². The van der Waals surface area contributed by atoms with Crippen molar-refractivity contribution in [1.82, 2.24) is 9.80 Å². The molecule has 1 rings (SSSR count). The summed E-state index contributed by atoms with van der Waals surface area (Å²) in [5, 5.41) is 0. The highest BCUT2D eigenvalue weighted by molar-refractivity contribution is 5.78. The van der Waals surface area contributed by atoms with Crippen LogP contribution >= 0.6 is 0 Å². The molecule has 0 bridgehead atoms. The van der Waals surface area contributed by atoms with Crippen LogP contribution in [0.4, 0.5) is 0 Å². The van der Waals surface area contributed by atoms with E-state index in [-0.39, 0.29) is 11.9 Å². The van der Waals surface area contributed by atoms with Crippen LogP contribution in [0.3, 0.4) is 0 Å². The first-order chi connectivity index (χ1) is 10.1. The summed E-state index contributed by atoms with van der Waals surface area (Å²) in [6.45, 7) is 5.81. The molecule has 0 aliphatic rings. The van der Waals surface area contributed by atoms with Crippen LogP contribution in [0.5, 0.6) is 0 Å². The first kappa shape index (κ1) is 17.7. The molecule has 0 fully saturated rings. The predicted molar refractivity (Wildman–Crippen MR) is 86.5 cm³/mol. The van der Waals surface area contributed by atoms with Crippen molar-refractivity contribution in [2.45, 2.75) is 19.3 Å². The fraction of sp³-hybridized carbons (Fsp3) is 0.588. The molecule has 1 atom stereocenters. The molecule has 0 amide bonds. The maximum atomic E-state index is 12.1. The molecular weight excluding hydrogens is 264 g/mol. The molecule has 1 aromatic carbocycles. The molecule has 0 saturated carbocycles. The number of carbonyl (C=O) groups is 1. The summed E-state index contributed by atoms with van der Waals surface area (Å²) in [6.07, 6.45) is 1.08. The Morgan fingerprint density at radius 2 is 1.81 bits per heavy atom. The maximum absolute atomic E-state index is 12.1. The zero-order valence-electron chi connectivity index (χ0n) is 13.7. The fourth-order valence-electron chi connectivity index (χ4n) is 2.35. The Kier molecular flexibility index (Phi) is 8.01. The Morgan fingerprint density at radius 1 is 1.14 bits per heavy atom. The molecule has 0 aliphatic heterocycles. The number of esters is 1. The molecule has 0 spiro atoms. The van der Waals surface area contributed by atoms with Gasteiger partial charge in [-0.05, 0) is 32.6 Å². The molecule has 21 heavy (non-hydrogen) atoms. The lowest BCUT2D eigenvalue weighted by Gasteiger charge is -2.27. The molecule has 0 aromatic heterocycles. The van der Waals surface area contributed by atoms with Crippen molar-refractivity contribution in [1.29, 1.82) is 0 Å². The Labute approximate surface area is 128 Å². The van der Waals surface area contributed by atoms with E-state index >= 15 is 0 Å². The summed E-state index contributed by atoms with van der Waals surface area (Å²) in [5.74, 6) is -0.378. The number of nitrogens with zero attached hydrogens (tertiary/aromatic N) is 2. The van der Waals surface area contributed by atoms with Crippen molar-refractivity contribution in [2.75, 3.05) is 47.4 Å². The van der Waals surface area contributed by atoms with E-state index in [1.165, 1.54) is 7.11 Å². The van der Waals surface area contributed by atoms with Gasteiger partial charge in [-0.15, -0.1) is 0 Å². The fourth-order valence-corrected chi connectivity index (χ4v) is 2.35. The van der Waals surface area contributed by atoms with E-state index in [4.69, 9.17) is 4.74 Å². The average molecular weight is 292 g/mol. The van der Waals surface area contributed by atoms with E-state index < -0.39 is 0 Å². The molecule has 1 aromatic rings. The van der Waals surface area contributed by atoms with Crippen LogP contribution in [0.1, 0.15) is 24.8 Å². The lowest BCUT2D eigenvalue weighted by atomic mass is 9.98. The number of benzene rings is 1. The number of hydrogen-bond acceptors (Lipinski definition) is 4. The second kappa shape index (κ2) is 9.53. The third-order valence-electron chi connectivity index (χ3n) is 3.53. The smallest absolute Gasteiger partial charge is 0.314 e. The zero-order chi connectivity index (χ0) is 15.7. The number of methoxy groups -OCH3 is 1. The van der Waals surface area contributed by atoms with Gasteiger partial charge in [0.1, 0.15) is 0 Å². The number of hydrogen-bond donors (Lipinski definition) is 0. The summed E-state index contributed by atoms with van der Waals surface area (Å²) in [7, 11) is 5.60. The van der Waals surface area contributed by atoms with Crippen molar-refractivity contribution >= 4 is 5.97 Å². The first-order valence-electron chi connectivity index (χ1n) is 7.58. The SMILES string of the molecule is CCCN(CCN(C)C)CC(C(=O)OC)c1ccccc1. The first-order valence-corrected chi connectivity index (χ1v) is 7.58. The van der Waals surface area contributed by atoms with E-state index in [2.05, 4.69) is 30.8 Å². The quantitative estimate of drug-likeness (QED) is 0.653. The highest BCUT2D eigenvalue weighted by Crippen LogP contribution is 2.19. The number of rotatable bonds is 9. The van der Waals surface area contributed by atoms with Crippen LogP contribution in [-0.4, -0.2) is 63.2 Å². The van der Waals surface area contributed by atoms with Gasteiger partial charge in [0.25, 0.3) is 0 Å². The predicted octanol–water partition coefficient (Wildman–Crippen LogP) is 2.22. The van der Waals surface area contributed by atoms with Crippen LogP contribution in [-0.2, 0) is 9.53 Å². The summed E-state index contributed by atoms with van der Waals surface area (Å²) >= 11 is 0. The van der Waals surface area contributed by atoms with Crippen LogP contribution in [0.25, 0.3) is 0 Å². The molecule has 0 heterocycles. The van der Waals surface area contributed by atoms with E-state index in [0.29, 0.717) is 6.54 Å². The lowest BCUT2D eigenvalue weighted by Crippen LogP contribution is -2.37. The van der Waals surface area contributed by atoms with Crippen LogP contribution < -0.4 is 0 Å². The number of ether oxygens (including phenoxy) is 1. The largest absolute Gasteiger partial charge is 0.469 e. The molecular formula is C17H28N2O2. The monoisotopic (exact) mass is 292 g/mol. The minimum Gasteiger partial charge on any atom is -0.469 e. The van der Waals surface area contributed by atoms with Gasteiger partial charge in [0.05, 0.1) is 13.0 Å². The van der Waals surface area contributed by atoms with Gasteiger partial charge in [0.15, 0.2) is 0 Å². The molecule has 4 heteroatoms. The molecule has 0 N–H and O–H groups in total. The van der Waals surface area contributed by atoms with Gasteiger partial charge in [-0.25, -0.2) is 0 Å². The summed E-state index contributed by atoms with van der Waals surface area (Å²) < 4.78 is 5.00. The molecule has 4 nitrogen and oxygen atoms in total. The summed E-state index contributed by atoms with van der Waals surface area (Å²) in [6, 6.07) is 9.90. The van der Waals surface area contributed by atoms with Crippen LogP contribution in [0.2, 0.25) is 0 Å². The Balaban J connectivity index is 2.79. The maximum Gasteiger partial charge on any atom is 0.314 e. The third kappa shape index (κ3) is 6.27. The standard InChI is InChI=1S/C17H28N2O2/c1-5-11-19(13-12-18(2)3)14-16(17(20)21-4)15-9-7-6-8-10-15/h6-10,16H,5,11-14H2,1-4H3. The second-order valence-electron chi connectivity index (χ2n) is 5.59. The van der Waals surface area contributed by atoms with Gasteiger partial charge < -0.3 is 14.5 Å².